The number of aliphatic hydroxyl groups is 3. The predicted molar refractivity (Wildman–Crippen MR) is 78.8 cm³/mol. The third-order valence-corrected chi connectivity index (χ3v) is 4.43. The molecule has 0 aromatic carbocycles. The number of aromatic nitrogens is 2. The van der Waals surface area contributed by atoms with E-state index in [2.05, 4.69) is 9.88 Å². The summed E-state index contributed by atoms with van der Waals surface area (Å²) in [5.41, 5.74) is -0.802. The molecular formula is C14H21N3O6. The predicted octanol–water partition coefficient (Wildman–Crippen LogP) is -2.26. The van der Waals surface area contributed by atoms with Gasteiger partial charge < -0.3 is 20.1 Å². The Balaban J connectivity index is 1.90. The van der Waals surface area contributed by atoms with E-state index in [1.807, 2.05) is 0 Å². The van der Waals surface area contributed by atoms with E-state index in [0.717, 1.165) is 30.5 Å². The summed E-state index contributed by atoms with van der Waals surface area (Å²) in [6, 6.07) is 0. The molecule has 2 aliphatic rings. The van der Waals surface area contributed by atoms with Crippen LogP contribution in [0.1, 0.15) is 24.6 Å². The maximum absolute atomic E-state index is 12.0. The Hall–Kier alpha value is -1.52. The number of aliphatic hydroxyl groups excluding tert-OH is 3. The van der Waals surface area contributed by atoms with Crippen LogP contribution in [0, 0.1) is 0 Å². The summed E-state index contributed by atoms with van der Waals surface area (Å²) >= 11 is 0. The van der Waals surface area contributed by atoms with Crippen molar-refractivity contribution in [1.82, 2.24) is 14.5 Å². The normalized spacial score (nSPS) is 31.8. The first-order valence-corrected chi connectivity index (χ1v) is 7.70. The Morgan fingerprint density at radius 2 is 1.91 bits per heavy atom. The maximum atomic E-state index is 12.0. The van der Waals surface area contributed by atoms with E-state index in [-0.39, 0.29) is 0 Å². The van der Waals surface area contributed by atoms with Gasteiger partial charge in [0.1, 0.15) is 18.3 Å². The van der Waals surface area contributed by atoms with Crippen molar-refractivity contribution in [2.24, 2.45) is 0 Å². The summed E-state index contributed by atoms with van der Waals surface area (Å²) in [7, 11) is 0. The van der Waals surface area contributed by atoms with Gasteiger partial charge in [-0.25, -0.2) is 4.79 Å². The lowest BCUT2D eigenvalue weighted by molar-refractivity contribution is -0.0551. The first-order chi connectivity index (χ1) is 11.0. The first-order valence-electron chi connectivity index (χ1n) is 7.70. The maximum Gasteiger partial charge on any atom is 0.330 e. The lowest BCUT2D eigenvalue weighted by atomic mass is 10.1. The Morgan fingerprint density at radius 1 is 1.22 bits per heavy atom. The van der Waals surface area contributed by atoms with E-state index in [0.29, 0.717) is 12.1 Å². The highest BCUT2D eigenvalue weighted by atomic mass is 16.6. The van der Waals surface area contributed by atoms with E-state index in [4.69, 9.17) is 9.84 Å². The molecular weight excluding hydrogens is 306 g/mol. The number of ether oxygens (including phenoxy) is 1. The highest BCUT2D eigenvalue weighted by molar-refractivity contribution is 5.06. The van der Waals surface area contributed by atoms with Crippen LogP contribution in [-0.2, 0) is 11.3 Å². The van der Waals surface area contributed by atoms with Crippen molar-refractivity contribution in [3.63, 3.8) is 0 Å². The van der Waals surface area contributed by atoms with Gasteiger partial charge in [0, 0.05) is 18.3 Å². The number of hydrogen-bond donors (Lipinski definition) is 4. The fourth-order valence-electron chi connectivity index (χ4n) is 3.12. The topological polar surface area (TPSA) is 128 Å². The quantitative estimate of drug-likeness (QED) is 0.491. The molecule has 9 heteroatoms. The molecule has 3 rings (SSSR count). The smallest absolute Gasteiger partial charge is 0.330 e. The van der Waals surface area contributed by atoms with Crippen molar-refractivity contribution in [2.45, 2.75) is 43.9 Å². The van der Waals surface area contributed by atoms with Crippen molar-refractivity contribution in [2.75, 3.05) is 19.7 Å². The summed E-state index contributed by atoms with van der Waals surface area (Å²) in [5.74, 6) is 0. The van der Waals surface area contributed by atoms with Crippen LogP contribution in [0.3, 0.4) is 0 Å². The van der Waals surface area contributed by atoms with Crippen molar-refractivity contribution in [3.05, 3.63) is 32.6 Å². The van der Waals surface area contributed by atoms with Crippen LogP contribution in [0.15, 0.2) is 15.8 Å². The van der Waals surface area contributed by atoms with Gasteiger partial charge in [0.15, 0.2) is 6.23 Å². The molecule has 0 aliphatic carbocycles. The molecule has 0 radical (unpaired) electrons. The van der Waals surface area contributed by atoms with Gasteiger partial charge in [-0.2, -0.15) is 0 Å². The molecule has 9 nitrogen and oxygen atoms in total. The van der Waals surface area contributed by atoms with Crippen molar-refractivity contribution in [1.29, 1.82) is 0 Å². The Bertz CT molecular complexity index is 665. The Morgan fingerprint density at radius 3 is 2.52 bits per heavy atom. The van der Waals surface area contributed by atoms with Gasteiger partial charge in [0.2, 0.25) is 0 Å². The lowest BCUT2D eigenvalue weighted by Gasteiger charge is -2.19. The summed E-state index contributed by atoms with van der Waals surface area (Å²) < 4.78 is 6.41. The fraction of sp³-hybridized carbons (Fsp3) is 0.714. The standard InChI is InChI=1S/C14H21N3O6/c18-7-9-10(19)11(20)13(23-9)17-6-8(12(21)15-14(17)22)5-16-3-1-2-4-16/h6,9-11,13,18-20H,1-5,7H2,(H,15,21,22)/t9-,10-,11-,13-/m1/s1. The van der Waals surface area contributed by atoms with Crippen LogP contribution in [0.5, 0.6) is 0 Å². The molecule has 1 aromatic rings. The van der Waals surface area contributed by atoms with Crippen LogP contribution in [-0.4, -0.2) is 67.8 Å². The number of aromatic amines is 1. The van der Waals surface area contributed by atoms with Gasteiger partial charge >= 0.3 is 5.69 Å². The van der Waals surface area contributed by atoms with Gasteiger partial charge in [-0.1, -0.05) is 0 Å². The Kier molecular flexibility index (Phi) is 4.64. The second-order valence-corrected chi connectivity index (χ2v) is 6.03. The summed E-state index contributed by atoms with van der Waals surface area (Å²) in [4.78, 5) is 28.3. The number of H-pyrrole nitrogens is 1. The van der Waals surface area contributed by atoms with Gasteiger partial charge in [-0.05, 0) is 25.9 Å². The highest BCUT2D eigenvalue weighted by Gasteiger charge is 2.43. The molecule has 2 aliphatic heterocycles. The number of nitrogens with one attached hydrogen (secondary N) is 1. The number of likely N-dealkylation sites (tertiary alicyclic amines) is 1. The van der Waals surface area contributed by atoms with Crippen LogP contribution < -0.4 is 11.2 Å². The zero-order valence-corrected chi connectivity index (χ0v) is 12.6. The van der Waals surface area contributed by atoms with E-state index in [1.165, 1.54) is 6.20 Å². The van der Waals surface area contributed by atoms with Crippen LogP contribution >= 0.6 is 0 Å². The molecule has 0 spiro atoms. The first kappa shape index (κ1) is 16.3. The minimum Gasteiger partial charge on any atom is -0.394 e. The number of hydrogen-bond acceptors (Lipinski definition) is 7. The van der Waals surface area contributed by atoms with Crippen LogP contribution in [0.2, 0.25) is 0 Å². The summed E-state index contributed by atoms with van der Waals surface area (Å²) in [5, 5.41) is 29.0. The molecule has 0 unspecified atom stereocenters. The second kappa shape index (κ2) is 6.54. The van der Waals surface area contributed by atoms with Crippen molar-refractivity contribution in [3.8, 4) is 0 Å². The molecule has 3 heterocycles. The van der Waals surface area contributed by atoms with Crippen LogP contribution in [0.25, 0.3) is 0 Å². The van der Waals surface area contributed by atoms with Crippen LogP contribution in [0.4, 0.5) is 0 Å². The van der Waals surface area contributed by atoms with Crippen molar-refractivity contribution >= 4 is 0 Å². The van der Waals surface area contributed by atoms with Crippen molar-refractivity contribution < 1.29 is 20.1 Å². The average molecular weight is 327 g/mol. The monoisotopic (exact) mass is 327 g/mol. The second-order valence-electron chi connectivity index (χ2n) is 6.03. The van der Waals surface area contributed by atoms with Gasteiger partial charge in [0.25, 0.3) is 5.56 Å². The third kappa shape index (κ3) is 3.10. The van der Waals surface area contributed by atoms with Gasteiger partial charge in [-0.15, -0.1) is 0 Å². The molecule has 4 atom stereocenters. The third-order valence-electron chi connectivity index (χ3n) is 4.43. The molecule has 128 valence electrons. The molecule has 4 N–H and O–H groups in total. The highest BCUT2D eigenvalue weighted by Crippen LogP contribution is 2.28. The summed E-state index contributed by atoms with van der Waals surface area (Å²) in [6.07, 6.45) is -1.28. The molecule has 0 saturated carbocycles. The molecule has 0 bridgehead atoms. The number of rotatable bonds is 4. The average Bonchev–Trinajstić information content (AvgIpc) is 3.12. The minimum absolute atomic E-state index is 0.393. The zero-order valence-electron chi connectivity index (χ0n) is 12.6. The molecule has 23 heavy (non-hydrogen) atoms. The molecule has 0 amide bonds. The minimum atomic E-state index is -1.37. The van der Waals surface area contributed by atoms with E-state index in [1.54, 1.807) is 0 Å². The van der Waals surface area contributed by atoms with Gasteiger partial charge in [-0.3, -0.25) is 19.2 Å². The summed E-state index contributed by atoms with van der Waals surface area (Å²) in [6.45, 7) is 1.72. The molecule has 2 saturated heterocycles. The van der Waals surface area contributed by atoms with E-state index >= 15 is 0 Å². The van der Waals surface area contributed by atoms with E-state index < -0.39 is 42.4 Å². The molecule has 2 fully saturated rings. The fourth-order valence-corrected chi connectivity index (χ4v) is 3.12. The molecule has 1 aromatic heterocycles. The Labute approximate surface area is 131 Å². The largest absolute Gasteiger partial charge is 0.394 e. The van der Waals surface area contributed by atoms with Gasteiger partial charge in [0.05, 0.1) is 6.61 Å². The number of nitrogens with zero attached hydrogens (tertiary/aromatic N) is 2. The van der Waals surface area contributed by atoms with E-state index in [9.17, 15) is 19.8 Å². The zero-order chi connectivity index (χ0) is 16.6. The SMILES string of the molecule is O=c1[nH]c(=O)n([C@@H]2O[C@H](CO)[C@@H](O)[C@H]2O)cc1CN1CCCC1. The lowest BCUT2D eigenvalue weighted by Crippen LogP contribution is -2.39.